The van der Waals surface area contributed by atoms with E-state index in [1.54, 1.807) is 29.8 Å². The first kappa shape index (κ1) is 19.1. The third-order valence-electron chi connectivity index (χ3n) is 3.19. The van der Waals surface area contributed by atoms with Gasteiger partial charge in [0.05, 0.1) is 11.8 Å². The van der Waals surface area contributed by atoms with Gasteiger partial charge in [-0.3, -0.25) is 4.79 Å². The number of hydrogen-bond donors (Lipinski definition) is 1. The number of sulfonamides is 1. The Hall–Kier alpha value is -2.19. The van der Waals surface area contributed by atoms with E-state index in [-0.39, 0.29) is 12.2 Å². The van der Waals surface area contributed by atoms with Gasteiger partial charge >= 0.3 is 0 Å². The Labute approximate surface area is 148 Å². The van der Waals surface area contributed by atoms with Gasteiger partial charge in [0.1, 0.15) is 24.0 Å². The van der Waals surface area contributed by atoms with Crippen molar-refractivity contribution in [3.63, 3.8) is 0 Å². The molecule has 0 bridgehead atoms. The molecule has 0 saturated carbocycles. The molecule has 9 heteroatoms. The molecule has 0 atom stereocenters. The highest BCUT2D eigenvalue weighted by Gasteiger charge is 2.19. The Morgan fingerprint density at radius 3 is 2.52 bits per heavy atom. The van der Waals surface area contributed by atoms with Gasteiger partial charge in [0.25, 0.3) is 5.91 Å². The van der Waals surface area contributed by atoms with E-state index in [4.69, 9.17) is 16.3 Å². The molecule has 2 rings (SSSR count). The van der Waals surface area contributed by atoms with Crippen molar-refractivity contribution in [2.75, 3.05) is 6.26 Å². The molecule has 0 aromatic heterocycles. The summed E-state index contributed by atoms with van der Waals surface area (Å²) < 4.78 is 57.2. The Bertz CT molecular complexity index is 932. The van der Waals surface area contributed by atoms with E-state index in [0.29, 0.717) is 16.8 Å². The predicted molar refractivity (Wildman–Crippen MR) is 89.2 cm³/mol. The molecule has 134 valence electrons. The number of rotatable bonds is 5. The number of benzene rings is 2. The van der Waals surface area contributed by atoms with Gasteiger partial charge in [0.15, 0.2) is 0 Å². The minimum absolute atomic E-state index is 0.132. The maximum atomic E-state index is 14.1. The maximum Gasteiger partial charge on any atom is 0.267 e. The number of carbonyl (C=O) groups excluding carboxylic acids is 1. The number of amides is 1. The van der Waals surface area contributed by atoms with Gasteiger partial charge in [0.2, 0.25) is 10.0 Å². The van der Waals surface area contributed by atoms with Crippen LogP contribution in [0.25, 0.3) is 0 Å². The lowest BCUT2D eigenvalue weighted by molar-refractivity contribution is 0.0977. The number of nitrogens with one attached hydrogen (secondary N) is 1. The molecule has 25 heavy (non-hydrogen) atoms. The Kier molecular flexibility index (Phi) is 5.64. The van der Waals surface area contributed by atoms with Crippen molar-refractivity contribution in [1.82, 2.24) is 4.72 Å². The number of aryl methyl sites for hydroxylation is 1. The predicted octanol–water partition coefficient (Wildman–Crippen LogP) is 3.20. The zero-order valence-electron chi connectivity index (χ0n) is 13.3. The summed E-state index contributed by atoms with van der Waals surface area (Å²) in [6.07, 6.45) is 0.731. The number of carbonyl (C=O) groups is 1. The highest BCUT2D eigenvalue weighted by Crippen LogP contribution is 2.24. The maximum absolute atomic E-state index is 14.1. The summed E-state index contributed by atoms with van der Waals surface area (Å²) in [5, 5.41) is 0.431. The zero-order chi connectivity index (χ0) is 18.8. The summed E-state index contributed by atoms with van der Waals surface area (Å²) in [6.45, 7) is 1.47. The highest BCUT2D eigenvalue weighted by molar-refractivity contribution is 7.89. The van der Waals surface area contributed by atoms with Gasteiger partial charge < -0.3 is 4.74 Å². The Morgan fingerprint density at radius 2 is 1.88 bits per heavy atom. The zero-order valence-corrected chi connectivity index (χ0v) is 14.8. The molecule has 2 aromatic carbocycles. The van der Waals surface area contributed by atoms with Crippen LogP contribution in [0.4, 0.5) is 8.78 Å². The molecule has 0 spiro atoms. The average Bonchev–Trinajstić information content (AvgIpc) is 2.49. The van der Waals surface area contributed by atoms with Gasteiger partial charge in [-0.2, -0.15) is 0 Å². The van der Waals surface area contributed by atoms with Crippen LogP contribution < -0.4 is 9.46 Å². The highest BCUT2D eigenvalue weighted by atomic mass is 35.5. The Morgan fingerprint density at radius 1 is 1.20 bits per heavy atom. The quantitative estimate of drug-likeness (QED) is 0.852. The number of ether oxygens (including phenoxy) is 1. The minimum atomic E-state index is -3.89. The van der Waals surface area contributed by atoms with Crippen molar-refractivity contribution in [3.05, 3.63) is 63.7 Å². The van der Waals surface area contributed by atoms with Gasteiger partial charge in [-0.15, -0.1) is 0 Å². The van der Waals surface area contributed by atoms with E-state index in [1.807, 2.05) is 0 Å². The second-order valence-electron chi connectivity index (χ2n) is 5.33. The molecule has 0 radical (unpaired) electrons. The second kappa shape index (κ2) is 7.37. The molecular formula is C16H14ClF2NO4S. The fourth-order valence-electron chi connectivity index (χ4n) is 1.98. The SMILES string of the molecule is Cc1ccc(Cl)cc1OCc1cc(F)c(C(=O)NS(C)(=O)=O)cc1F. The first-order valence-electron chi connectivity index (χ1n) is 6.96. The number of hydrogen-bond acceptors (Lipinski definition) is 4. The monoisotopic (exact) mass is 389 g/mol. The van der Waals surface area contributed by atoms with Crippen LogP contribution >= 0.6 is 11.6 Å². The molecule has 0 unspecified atom stereocenters. The van der Waals surface area contributed by atoms with Crippen LogP contribution in [0.15, 0.2) is 30.3 Å². The van der Waals surface area contributed by atoms with Crippen LogP contribution in [0, 0.1) is 18.6 Å². The molecule has 0 aliphatic heterocycles. The lowest BCUT2D eigenvalue weighted by atomic mass is 10.1. The summed E-state index contributed by atoms with van der Waals surface area (Å²) in [6, 6.07) is 6.33. The largest absolute Gasteiger partial charge is 0.488 e. The first-order chi connectivity index (χ1) is 11.6. The van der Waals surface area contributed by atoms with Crippen LogP contribution in [0.1, 0.15) is 21.5 Å². The molecular weight excluding hydrogens is 376 g/mol. The fraction of sp³-hybridized carbons (Fsp3) is 0.188. The van der Waals surface area contributed by atoms with Crippen molar-refractivity contribution in [2.24, 2.45) is 0 Å². The van der Waals surface area contributed by atoms with E-state index >= 15 is 0 Å². The van der Waals surface area contributed by atoms with Crippen molar-refractivity contribution < 1.29 is 26.7 Å². The molecule has 1 amide bonds. The first-order valence-corrected chi connectivity index (χ1v) is 9.23. The molecule has 0 aliphatic rings. The second-order valence-corrected chi connectivity index (χ2v) is 7.51. The van der Waals surface area contributed by atoms with Gasteiger partial charge in [-0.25, -0.2) is 21.9 Å². The van der Waals surface area contributed by atoms with Gasteiger partial charge in [0, 0.05) is 10.6 Å². The molecule has 1 N–H and O–H groups in total. The summed E-state index contributed by atoms with van der Waals surface area (Å²) in [5.74, 6) is -2.81. The van der Waals surface area contributed by atoms with E-state index in [0.717, 1.165) is 17.9 Å². The van der Waals surface area contributed by atoms with Crippen molar-refractivity contribution in [3.8, 4) is 5.75 Å². The average molecular weight is 390 g/mol. The van der Waals surface area contributed by atoms with Gasteiger partial charge in [-0.1, -0.05) is 17.7 Å². The van der Waals surface area contributed by atoms with Crippen molar-refractivity contribution >= 4 is 27.5 Å². The fourth-order valence-corrected chi connectivity index (χ4v) is 2.59. The molecule has 5 nitrogen and oxygen atoms in total. The van der Waals surface area contributed by atoms with Crippen LogP contribution in [-0.2, 0) is 16.6 Å². The summed E-state index contributed by atoms with van der Waals surface area (Å²) in [5.41, 5.74) is -0.0900. The molecule has 0 fully saturated rings. The minimum Gasteiger partial charge on any atom is -0.488 e. The van der Waals surface area contributed by atoms with Crippen molar-refractivity contribution in [1.29, 1.82) is 0 Å². The molecule has 0 saturated heterocycles. The van der Waals surface area contributed by atoms with Crippen LogP contribution in [0.3, 0.4) is 0 Å². The molecule has 0 aliphatic carbocycles. The normalized spacial score (nSPS) is 11.2. The summed E-state index contributed by atoms with van der Waals surface area (Å²) in [7, 11) is -3.89. The van der Waals surface area contributed by atoms with E-state index in [2.05, 4.69) is 0 Å². The molecule has 2 aromatic rings. The standard InChI is InChI=1S/C16H14ClF2NO4S/c1-9-3-4-11(17)6-15(9)24-8-10-5-14(19)12(7-13(10)18)16(21)20-25(2,22)23/h3-7H,8H2,1-2H3,(H,20,21). The van der Waals surface area contributed by atoms with Crippen LogP contribution in [-0.4, -0.2) is 20.6 Å². The third kappa shape index (κ3) is 5.14. The lowest BCUT2D eigenvalue weighted by Crippen LogP contribution is -2.30. The lowest BCUT2D eigenvalue weighted by Gasteiger charge is -2.11. The summed E-state index contributed by atoms with van der Waals surface area (Å²) in [4.78, 5) is 11.7. The Balaban J connectivity index is 2.22. The van der Waals surface area contributed by atoms with Crippen LogP contribution in [0.2, 0.25) is 5.02 Å². The molecule has 0 heterocycles. The van der Waals surface area contributed by atoms with E-state index < -0.39 is 33.1 Å². The van der Waals surface area contributed by atoms with Gasteiger partial charge in [-0.05, 0) is 36.8 Å². The smallest absolute Gasteiger partial charge is 0.267 e. The van der Waals surface area contributed by atoms with Crippen molar-refractivity contribution in [2.45, 2.75) is 13.5 Å². The van der Waals surface area contributed by atoms with E-state index in [9.17, 15) is 22.0 Å². The topological polar surface area (TPSA) is 72.5 Å². The third-order valence-corrected chi connectivity index (χ3v) is 3.98. The van der Waals surface area contributed by atoms with E-state index in [1.165, 1.54) is 0 Å². The number of halogens is 3. The summed E-state index contributed by atoms with van der Waals surface area (Å²) >= 11 is 5.86. The van der Waals surface area contributed by atoms with Crippen LogP contribution in [0.5, 0.6) is 5.75 Å².